The molecule has 2 rings (SSSR count). The van der Waals surface area contributed by atoms with Crippen LogP contribution < -0.4 is 5.32 Å². The number of esters is 1. The van der Waals surface area contributed by atoms with Gasteiger partial charge in [0.25, 0.3) is 5.91 Å². The molecule has 0 radical (unpaired) electrons. The molecule has 0 saturated carbocycles. The Morgan fingerprint density at radius 3 is 2.55 bits per heavy atom. The first-order valence-electron chi connectivity index (χ1n) is 6.14. The van der Waals surface area contributed by atoms with Crippen LogP contribution in [0.4, 0.5) is 14.5 Å². The highest BCUT2D eigenvalue weighted by Gasteiger charge is 2.15. The molecule has 0 bridgehead atoms. The number of benzene rings is 2. The van der Waals surface area contributed by atoms with E-state index >= 15 is 0 Å². The van der Waals surface area contributed by atoms with E-state index in [-0.39, 0.29) is 16.3 Å². The Kier molecular flexibility index (Phi) is 5.06. The Balaban J connectivity index is 1.93. The van der Waals surface area contributed by atoms with Gasteiger partial charge in [-0.2, -0.15) is 0 Å². The molecule has 0 aliphatic carbocycles. The third-order valence-electron chi connectivity index (χ3n) is 2.63. The lowest BCUT2D eigenvalue weighted by Crippen LogP contribution is -2.21. The molecule has 114 valence electrons. The molecule has 0 spiro atoms. The fourth-order valence-corrected chi connectivity index (χ4v) is 1.86. The molecule has 0 aromatic heterocycles. The zero-order valence-corrected chi connectivity index (χ0v) is 11.9. The van der Waals surface area contributed by atoms with Crippen molar-refractivity contribution < 1.29 is 23.1 Å². The van der Waals surface area contributed by atoms with Crippen LogP contribution in [0.25, 0.3) is 0 Å². The van der Waals surface area contributed by atoms with Gasteiger partial charge in [0.2, 0.25) is 0 Å². The number of rotatable bonds is 4. The summed E-state index contributed by atoms with van der Waals surface area (Å²) in [7, 11) is 0. The Hall–Kier alpha value is -2.47. The molecule has 0 fully saturated rings. The first-order chi connectivity index (χ1) is 10.5. The van der Waals surface area contributed by atoms with Crippen molar-refractivity contribution in [2.24, 2.45) is 0 Å². The van der Waals surface area contributed by atoms with Gasteiger partial charge in [-0.15, -0.1) is 0 Å². The topological polar surface area (TPSA) is 55.4 Å². The standard InChI is InChI=1S/C15H10ClF2NO3/c16-11-7-9(17)5-6-10(11)15(21)22-8-14(20)19-13-4-2-1-3-12(13)18/h1-7H,8H2,(H,19,20). The molecule has 0 aliphatic rings. The van der Waals surface area contributed by atoms with Crippen molar-refractivity contribution in [2.75, 3.05) is 11.9 Å². The predicted molar refractivity (Wildman–Crippen MR) is 76.7 cm³/mol. The number of carbonyl (C=O) groups is 2. The molecule has 2 aromatic rings. The summed E-state index contributed by atoms with van der Waals surface area (Å²) < 4.78 is 30.9. The number of carbonyl (C=O) groups excluding carboxylic acids is 2. The van der Waals surface area contributed by atoms with Crippen LogP contribution >= 0.6 is 11.6 Å². The lowest BCUT2D eigenvalue weighted by Gasteiger charge is -2.08. The van der Waals surface area contributed by atoms with E-state index in [1.54, 1.807) is 6.07 Å². The van der Waals surface area contributed by atoms with Crippen LogP contribution in [0.15, 0.2) is 42.5 Å². The summed E-state index contributed by atoms with van der Waals surface area (Å²) in [6.45, 7) is -0.624. The molecule has 2 aromatic carbocycles. The summed E-state index contributed by atoms with van der Waals surface area (Å²) in [6, 6.07) is 8.71. The second-order valence-corrected chi connectivity index (χ2v) is 4.64. The molecule has 0 atom stereocenters. The number of amides is 1. The fraction of sp³-hybridized carbons (Fsp3) is 0.0667. The number of para-hydroxylation sites is 1. The van der Waals surface area contributed by atoms with Crippen LogP contribution in [-0.2, 0) is 9.53 Å². The summed E-state index contributed by atoms with van der Waals surface area (Å²) in [5.74, 6) is -2.80. The van der Waals surface area contributed by atoms with Crippen LogP contribution in [-0.4, -0.2) is 18.5 Å². The maximum Gasteiger partial charge on any atom is 0.340 e. The SMILES string of the molecule is O=C(COC(=O)c1ccc(F)cc1Cl)Nc1ccccc1F. The third-order valence-corrected chi connectivity index (χ3v) is 2.95. The van der Waals surface area contributed by atoms with Gasteiger partial charge in [-0.3, -0.25) is 4.79 Å². The monoisotopic (exact) mass is 325 g/mol. The van der Waals surface area contributed by atoms with Crippen LogP contribution in [0.2, 0.25) is 5.02 Å². The first-order valence-corrected chi connectivity index (χ1v) is 6.51. The summed E-state index contributed by atoms with van der Waals surface area (Å²) in [4.78, 5) is 23.3. The lowest BCUT2D eigenvalue weighted by molar-refractivity contribution is -0.119. The summed E-state index contributed by atoms with van der Waals surface area (Å²) in [6.07, 6.45) is 0. The maximum atomic E-state index is 13.3. The number of halogens is 3. The van der Waals surface area contributed by atoms with Gasteiger partial charge in [-0.1, -0.05) is 23.7 Å². The summed E-state index contributed by atoms with van der Waals surface area (Å²) in [5, 5.41) is 2.13. The molecular weight excluding hydrogens is 316 g/mol. The summed E-state index contributed by atoms with van der Waals surface area (Å²) in [5.41, 5.74) is -0.0925. The van der Waals surface area contributed by atoms with Gasteiger partial charge in [0.15, 0.2) is 6.61 Å². The lowest BCUT2D eigenvalue weighted by atomic mass is 10.2. The smallest absolute Gasteiger partial charge is 0.340 e. The molecule has 1 N–H and O–H groups in total. The summed E-state index contributed by atoms with van der Waals surface area (Å²) >= 11 is 5.70. The van der Waals surface area contributed by atoms with Gasteiger partial charge < -0.3 is 10.1 Å². The van der Waals surface area contributed by atoms with Crippen LogP contribution in [0, 0.1) is 11.6 Å². The van der Waals surface area contributed by atoms with Crippen molar-refractivity contribution in [3.63, 3.8) is 0 Å². The van der Waals surface area contributed by atoms with Gasteiger partial charge in [-0.25, -0.2) is 13.6 Å². The highest BCUT2D eigenvalue weighted by atomic mass is 35.5. The number of nitrogens with one attached hydrogen (secondary N) is 1. The number of hydrogen-bond acceptors (Lipinski definition) is 3. The second kappa shape index (κ2) is 7.00. The van der Waals surface area contributed by atoms with E-state index in [9.17, 15) is 18.4 Å². The van der Waals surface area contributed by atoms with Crippen molar-refractivity contribution in [2.45, 2.75) is 0 Å². The molecular formula is C15H10ClF2NO3. The van der Waals surface area contributed by atoms with Crippen molar-refractivity contribution in [3.05, 3.63) is 64.7 Å². The zero-order chi connectivity index (χ0) is 16.1. The van der Waals surface area contributed by atoms with E-state index in [2.05, 4.69) is 5.32 Å². The van der Waals surface area contributed by atoms with Crippen LogP contribution in [0.3, 0.4) is 0 Å². The highest BCUT2D eigenvalue weighted by Crippen LogP contribution is 2.18. The van der Waals surface area contributed by atoms with Crippen molar-refractivity contribution in [1.29, 1.82) is 0 Å². The number of hydrogen-bond donors (Lipinski definition) is 1. The van der Waals surface area contributed by atoms with Crippen molar-refractivity contribution in [1.82, 2.24) is 0 Å². The second-order valence-electron chi connectivity index (χ2n) is 4.23. The Labute approximate surface area is 129 Å². The van der Waals surface area contributed by atoms with E-state index in [4.69, 9.17) is 16.3 Å². The number of anilines is 1. The quantitative estimate of drug-likeness (QED) is 0.876. The van der Waals surface area contributed by atoms with E-state index in [0.29, 0.717) is 0 Å². The van der Waals surface area contributed by atoms with Gasteiger partial charge in [0, 0.05) is 0 Å². The van der Waals surface area contributed by atoms with Crippen LogP contribution in [0.1, 0.15) is 10.4 Å². The molecule has 0 saturated heterocycles. The molecule has 0 unspecified atom stereocenters. The minimum absolute atomic E-state index is 0.0247. The van der Waals surface area contributed by atoms with E-state index in [0.717, 1.165) is 18.2 Å². The van der Waals surface area contributed by atoms with Crippen molar-refractivity contribution in [3.8, 4) is 0 Å². The zero-order valence-electron chi connectivity index (χ0n) is 11.1. The molecule has 0 heterocycles. The van der Waals surface area contributed by atoms with Gasteiger partial charge >= 0.3 is 5.97 Å². The highest BCUT2D eigenvalue weighted by molar-refractivity contribution is 6.33. The first kappa shape index (κ1) is 15.9. The van der Waals surface area contributed by atoms with Crippen LogP contribution in [0.5, 0.6) is 0 Å². The van der Waals surface area contributed by atoms with E-state index < -0.39 is 30.1 Å². The molecule has 7 heteroatoms. The Morgan fingerprint density at radius 2 is 1.86 bits per heavy atom. The molecule has 0 aliphatic heterocycles. The molecule has 22 heavy (non-hydrogen) atoms. The van der Waals surface area contributed by atoms with Gasteiger partial charge in [-0.05, 0) is 30.3 Å². The minimum Gasteiger partial charge on any atom is -0.452 e. The van der Waals surface area contributed by atoms with Gasteiger partial charge in [0.05, 0.1) is 16.3 Å². The molecule has 4 nitrogen and oxygen atoms in total. The Bertz CT molecular complexity index is 722. The Morgan fingerprint density at radius 1 is 1.14 bits per heavy atom. The maximum absolute atomic E-state index is 13.3. The predicted octanol–water partition coefficient (Wildman–Crippen LogP) is 3.41. The van der Waals surface area contributed by atoms with Gasteiger partial charge in [0.1, 0.15) is 11.6 Å². The van der Waals surface area contributed by atoms with E-state index in [1.165, 1.54) is 18.2 Å². The number of ether oxygens (including phenoxy) is 1. The van der Waals surface area contributed by atoms with Crippen molar-refractivity contribution >= 4 is 29.2 Å². The minimum atomic E-state index is -0.881. The average molecular weight is 326 g/mol. The van der Waals surface area contributed by atoms with E-state index in [1.807, 2.05) is 0 Å². The third kappa shape index (κ3) is 4.02. The largest absolute Gasteiger partial charge is 0.452 e. The molecule has 1 amide bonds. The fourth-order valence-electron chi connectivity index (χ4n) is 1.61. The normalized spacial score (nSPS) is 10.1. The average Bonchev–Trinajstić information content (AvgIpc) is 2.47.